The van der Waals surface area contributed by atoms with Crippen LogP contribution in [0.4, 0.5) is 0 Å². The Morgan fingerprint density at radius 2 is 1.77 bits per heavy atom. The molecule has 8 nitrogen and oxygen atoms in total. The SMILES string of the molecule is CCCCN=C(N)c1ccc(C(=O)NC(C)(C)C(C(=O)N2CCC(CC(=O)O)CC2)c2cccc(Cl)c2)cc1. The summed E-state index contributed by atoms with van der Waals surface area (Å²) in [6.07, 6.45) is 3.36. The van der Waals surface area contributed by atoms with Gasteiger partial charge in [0.2, 0.25) is 5.91 Å². The van der Waals surface area contributed by atoms with Gasteiger partial charge in [-0.3, -0.25) is 19.4 Å². The minimum Gasteiger partial charge on any atom is -0.481 e. The van der Waals surface area contributed by atoms with Gasteiger partial charge in [-0.1, -0.05) is 49.2 Å². The van der Waals surface area contributed by atoms with Gasteiger partial charge in [0.05, 0.1) is 11.5 Å². The zero-order valence-corrected chi connectivity index (χ0v) is 23.7. The number of carbonyl (C=O) groups is 3. The van der Waals surface area contributed by atoms with Crippen molar-refractivity contribution in [3.05, 3.63) is 70.2 Å². The lowest BCUT2D eigenvalue weighted by Crippen LogP contribution is -2.54. The third kappa shape index (κ3) is 8.30. The number of benzene rings is 2. The molecule has 0 spiro atoms. The number of nitrogens with one attached hydrogen (secondary N) is 1. The lowest BCUT2D eigenvalue weighted by Gasteiger charge is -2.40. The molecule has 0 bridgehead atoms. The Bertz CT molecular complexity index is 1190. The molecule has 1 heterocycles. The summed E-state index contributed by atoms with van der Waals surface area (Å²) in [6, 6.07) is 14.1. The number of nitrogens with zero attached hydrogens (tertiary/aromatic N) is 2. The van der Waals surface area contributed by atoms with Crippen LogP contribution >= 0.6 is 11.6 Å². The van der Waals surface area contributed by atoms with Gasteiger partial charge in [-0.2, -0.15) is 0 Å². The van der Waals surface area contributed by atoms with Gasteiger partial charge in [0, 0.05) is 42.2 Å². The number of halogens is 1. The van der Waals surface area contributed by atoms with Crippen LogP contribution in [0.3, 0.4) is 0 Å². The molecule has 9 heteroatoms. The molecule has 0 aliphatic carbocycles. The Balaban J connectivity index is 1.79. The predicted octanol–water partition coefficient (Wildman–Crippen LogP) is 4.85. The first kappa shape index (κ1) is 30.2. The van der Waals surface area contributed by atoms with Crippen LogP contribution in [-0.2, 0) is 9.59 Å². The topological polar surface area (TPSA) is 125 Å². The highest BCUT2D eigenvalue weighted by atomic mass is 35.5. The predicted molar refractivity (Wildman–Crippen MR) is 154 cm³/mol. The Morgan fingerprint density at radius 1 is 1.13 bits per heavy atom. The number of carbonyl (C=O) groups excluding carboxylic acids is 2. The first-order valence-corrected chi connectivity index (χ1v) is 13.9. The van der Waals surface area contributed by atoms with E-state index in [0.29, 0.717) is 54.5 Å². The minimum atomic E-state index is -0.962. The molecule has 1 aliphatic heterocycles. The van der Waals surface area contributed by atoms with E-state index in [9.17, 15) is 14.4 Å². The molecular weight excluding hydrogens is 516 g/mol. The van der Waals surface area contributed by atoms with Crippen LogP contribution in [0.25, 0.3) is 0 Å². The van der Waals surface area contributed by atoms with Gasteiger partial charge in [0.15, 0.2) is 0 Å². The molecule has 2 aromatic rings. The molecule has 2 amide bonds. The third-order valence-electron chi connectivity index (χ3n) is 7.21. The van der Waals surface area contributed by atoms with Crippen molar-refractivity contribution in [1.82, 2.24) is 10.2 Å². The zero-order valence-electron chi connectivity index (χ0n) is 23.0. The van der Waals surface area contributed by atoms with Crippen LogP contribution in [0, 0.1) is 5.92 Å². The van der Waals surface area contributed by atoms with Gasteiger partial charge in [-0.25, -0.2) is 0 Å². The number of piperidine rings is 1. The number of aliphatic carboxylic acids is 1. The van der Waals surface area contributed by atoms with Crippen LogP contribution in [0.2, 0.25) is 5.02 Å². The highest BCUT2D eigenvalue weighted by molar-refractivity contribution is 6.30. The second-order valence-electron chi connectivity index (χ2n) is 10.7. The van der Waals surface area contributed by atoms with E-state index in [1.165, 1.54) is 0 Å². The van der Waals surface area contributed by atoms with Crippen molar-refractivity contribution in [3.8, 4) is 0 Å². The van der Waals surface area contributed by atoms with Gasteiger partial charge in [0.25, 0.3) is 5.91 Å². The maximum atomic E-state index is 13.9. The summed E-state index contributed by atoms with van der Waals surface area (Å²) >= 11 is 6.29. The number of likely N-dealkylation sites (tertiary alicyclic amines) is 1. The van der Waals surface area contributed by atoms with Crippen molar-refractivity contribution in [3.63, 3.8) is 0 Å². The molecule has 39 heavy (non-hydrogen) atoms. The Hall–Kier alpha value is -3.39. The summed E-state index contributed by atoms with van der Waals surface area (Å²) in [5.41, 5.74) is 7.02. The maximum Gasteiger partial charge on any atom is 0.303 e. The molecule has 1 unspecified atom stereocenters. The molecule has 2 aromatic carbocycles. The van der Waals surface area contributed by atoms with E-state index in [1.54, 1.807) is 47.4 Å². The summed E-state index contributed by atoms with van der Waals surface area (Å²) < 4.78 is 0. The number of amides is 2. The summed E-state index contributed by atoms with van der Waals surface area (Å²) in [5.74, 6) is -1.46. The molecule has 0 aromatic heterocycles. The average Bonchev–Trinajstić information content (AvgIpc) is 2.88. The molecule has 210 valence electrons. The number of aliphatic imine (C=N–C) groups is 1. The molecule has 1 saturated heterocycles. The van der Waals surface area contributed by atoms with Gasteiger partial charge >= 0.3 is 5.97 Å². The van der Waals surface area contributed by atoms with Gasteiger partial charge in [-0.15, -0.1) is 0 Å². The van der Waals surface area contributed by atoms with Gasteiger partial charge in [0.1, 0.15) is 5.84 Å². The molecule has 3 rings (SSSR count). The highest BCUT2D eigenvalue weighted by Crippen LogP contribution is 2.34. The van der Waals surface area contributed by atoms with Crippen molar-refractivity contribution in [2.75, 3.05) is 19.6 Å². The van der Waals surface area contributed by atoms with Crippen molar-refractivity contribution in [2.24, 2.45) is 16.6 Å². The summed E-state index contributed by atoms with van der Waals surface area (Å²) in [6.45, 7) is 7.36. The highest BCUT2D eigenvalue weighted by Gasteiger charge is 2.41. The third-order valence-corrected chi connectivity index (χ3v) is 7.45. The van der Waals surface area contributed by atoms with Crippen LogP contribution in [0.1, 0.15) is 80.3 Å². The fourth-order valence-corrected chi connectivity index (χ4v) is 5.22. The molecule has 1 atom stereocenters. The first-order valence-electron chi connectivity index (χ1n) is 13.5. The number of hydrogen-bond acceptors (Lipinski definition) is 4. The van der Waals surface area contributed by atoms with Gasteiger partial charge < -0.3 is 21.1 Å². The second kappa shape index (κ2) is 13.6. The van der Waals surface area contributed by atoms with Crippen LogP contribution in [0.15, 0.2) is 53.5 Å². The van der Waals surface area contributed by atoms with Crippen LogP contribution < -0.4 is 11.1 Å². The molecule has 1 aliphatic rings. The number of nitrogens with two attached hydrogens (primary N) is 1. The van der Waals surface area contributed by atoms with E-state index in [2.05, 4.69) is 17.2 Å². The summed E-state index contributed by atoms with van der Waals surface area (Å²) in [7, 11) is 0. The van der Waals surface area contributed by atoms with Crippen LogP contribution in [0.5, 0.6) is 0 Å². The van der Waals surface area contributed by atoms with Crippen LogP contribution in [-0.4, -0.2) is 58.8 Å². The van der Waals surface area contributed by atoms with Gasteiger partial charge in [-0.05, 0) is 68.9 Å². The quantitative estimate of drug-likeness (QED) is 0.208. The number of rotatable bonds is 11. The van der Waals surface area contributed by atoms with E-state index in [0.717, 1.165) is 18.4 Å². The number of unbranched alkanes of at least 4 members (excludes halogenated alkanes) is 1. The largest absolute Gasteiger partial charge is 0.481 e. The van der Waals surface area contributed by atoms with E-state index in [1.807, 2.05) is 19.9 Å². The number of carboxylic acids is 1. The van der Waals surface area contributed by atoms with Crippen molar-refractivity contribution >= 4 is 35.2 Å². The van der Waals surface area contributed by atoms with E-state index in [-0.39, 0.29) is 24.2 Å². The minimum absolute atomic E-state index is 0.0533. The Morgan fingerprint density at radius 3 is 2.36 bits per heavy atom. The smallest absolute Gasteiger partial charge is 0.303 e. The monoisotopic (exact) mass is 554 g/mol. The normalized spacial score (nSPS) is 15.6. The second-order valence-corrected chi connectivity index (χ2v) is 11.2. The summed E-state index contributed by atoms with van der Waals surface area (Å²) in [4.78, 5) is 44.5. The van der Waals surface area contributed by atoms with Crippen molar-refractivity contribution < 1.29 is 19.5 Å². The number of hydrogen-bond donors (Lipinski definition) is 3. The molecule has 0 saturated carbocycles. The molecular formula is C30H39ClN4O4. The lowest BCUT2D eigenvalue weighted by molar-refractivity contribution is -0.139. The number of carboxylic acid groups (broad SMARTS) is 1. The standard InChI is InChI=1S/C30H39ClN4O4/c1-4-5-15-33-27(32)21-9-11-22(12-10-21)28(38)34-30(2,3)26(23-7-6-8-24(31)19-23)29(39)35-16-13-20(14-17-35)18-25(36)37/h6-12,19-20,26H,4-5,13-18H2,1-3H3,(H2,32,33)(H,34,38)(H,36,37). The lowest BCUT2D eigenvalue weighted by atomic mass is 9.79. The summed E-state index contributed by atoms with van der Waals surface area (Å²) in [5, 5.41) is 12.7. The van der Waals surface area contributed by atoms with Crippen molar-refractivity contribution in [1.29, 1.82) is 0 Å². The maximum absolute atomic E-state index is 13.9. The fourth-order valence-electron chi connectivity index (χ4n) is 5.02. The molecule has 4 N–H and O–H groups in total. The average molecular weight is 555 g/mol. The van der Waals surface area contributed by atoms with E-state index >= 15 is 0 Å². The fraction of sp³-hybridized carbons (Fsp3) is 0.467. The number of amidine groups is 1. The van der Waals surface area contributed by atoms with E-state index in [4.69, 9.17) is 22.4 Å². The molecule has 1 fully saturated rings. The zero-order chi connectivity index (χ0) is 28.6. The first-order chi connectivity index (χ1) is 18.5. The van der Waals surface area contributed by atoms with Crippen molar-refractivity contribution in [2.45, 2.75) is 64.3 Å². The molecule has 0 radical (unpaired) electrons. The Labute approximate surface area is 235 Å². The van der Waals surface area contributed by atoms with E-state index < -0.39 is 17.4 Å². The Kier molecular flexibility index (Phi) is 10.5.